The van der Waals surface area contributed by atoms with Gasteiger partial charge in [-0.2, -0.15) is 0 Å². The van der Waals surface area contributed by atoms with Crippen LogP contribution in [-0.4, -0.2) is 62.7 Å². The first kappa shape index (κ1) is 27.3. The van der Waals surface area contributed by atoms with Crippen molar-refractivity contribution in [2.75, 3.05) is 29.8 Å². The number of amides is 2. The summed E-state index contributed by atoms with van der Waals surface area (Å²) in [5.41, 5.74) is 2.14. The van der Waals surface area contributed by atoms with Gasteiger partial charge in [-0.1, -0.05) is 24.3 Å². The molecule has 9 nitrogen and oxygen atoms in total. The smallest absolute Gasteiger partial charge is 0.244 e. The Hall–Kier alpha value is -3.27. The average molecular weight is 518 g/mol. The molecule has 1 aliphatic rings. The molecule has 0 aromatic heterocycles. The zero-order chi connectivity index (χ0) is 26.5. The highest BCUT2D eigenvalue weighted by Crippen LogP contribution is 2.35. The summed E-state index contributed by atoms with van der Waals surface area (Å²) in [6, 6.07) is 11.5. The van der Waals surface area contributed by atoms with Crippen LogP contribution in [0.5, 0.6) is 11.5 Å². The largest absolute Gasteiger partial charge is 0.486 e. The molecule has 0 saturated heterocycles. The molecule has 1 atom stereocenters. The van der Waals surface area contributed by atoms with Crippen LogP contribution in [-0.2, 0) is 26.2 Å². The van der Waals surface area contributed by atoms with Gasteiger partial charge in [-0.25, -0.2) is 8.42 Å². The number of fused-ring (bicyclic) bond motifs is 1. The van der Waals surface area contributed by atoms with Crippen molar-refractivity contribution in [3.63, 3.8) is 0 Å². The van der Waals surface area contributed by atoms with Crippen molar-refractivity contribution in [1.29, 1.82) is 0 Å². The van der Waals surface area contributed by atoms with Crippen LogP contribution in [0, 0.1) is 6.92 Å². The number of anilines is 1. The lowest BCUT2D eigenvalue weighted by Gasteiger charge is -2.32. The summed E-state index contributed by atoms with van der Waals surface area (Å²) in [5, 5.41) is 2.84. The number of benzene rings is 2. The van der Waals surface area contributed by atoms with E-state index in [9.17, 15) is 18.0 Å². The molecule has 1 N–H and O–H groups in total. The van der Waals surface area contributed by atoms with Crippen LogP contribution >= 0.6 is 0 Å². The number of aryl methyl sites for hydroxylation is 1. The van der Waals surface area contributed by atoms with Crippen molar-refractivity contribution < 1.29 is 27.5 Å². The minimum atomic E-state index is -3.83. The van der Waals surface area contributed by atoms with Gasteiger partial charge in [0.1, 0.15) is 25.8 Å². The fraction of sp³-hybridized carbons (Fsp3) is 0.462. The summed E-state index contributed by atoms with van der Waals surface area (Å²) < 4.78 is 38.4. The molecule has 1 aliphatic heterocycles. The lowest BCUT2D eigenvalue weighted by molar-refractivity contribution is -0.139. The number of hydrogen-bond acceptors (Lipinski definition) is 6. The predicted octanol–water partition coefficient (Wildman–Crippen LogP) is 2.86. The van der Waals surface area contributed by atoms with Crippen molar-refractivity contribution in [3.8, 4) is 11.5 Å². The van der Waals surface area contributed by atoms with E-state index < -0.39 is 28.5 Å². The molecule has 196 valence electrons. The standard InChI is InChI=1S/C26H35N3O6S/c1-6-36(32,33)29(22-11-12-23-24(15-22)35-14-13-34-23)17-25(30)28(20(5)26(31)27-18(2)3)16-21-10-8-7-9-19(21)4/h7-12,15,18,20H,6,13-14,16-17H2,1-5H3,(H,27,31). The average Bonchev–Trinajstić information content (AvgIpc) is 2.85. The molecule has 2 amide bonds. The van der Waals surface area contributed by atoms with Crippen LogP contribution in [0.3, 0.4) is 0 Å². The van der Waals surface area contributed by atoms with Crippen molar-refractivity contribution in [1.82, 2.24) is 10.2 Å². The van der Waals surface area contributed by atoms with Gasteiger partial charge in [0.2, 0.25) is 21.8 Å². The quantitative estimate of drug-likeness (QED) is 0.520. The number of sulfonamides is 1. The van der Waals surface area contributed by atoms with E-state index in [1.807, 2.05) is 45.0 Å². The third-order valence-electron chi connectivity index (χ3n) is 5.99. The summed E-state index contributed by atoms with van der Waals surface area (Å²) in [7, 11) is -3.83. The van der Waals surface area contributed by atoms with Crippen LogP contribution in [0.4, 0.5) is 5.69 Å². The molecule has 10 heteroatoms. The van der Waals surface area contributed by atoms with Crippen LogP contribution < -0.4 is 19.1 Å². The highest BCUT2D eigenvalue weighted by atomic mass is 32.2. The lowest BCUT2D eigenvalue weighted by atomic mass is 10.1. The number of nitrogens with one attached hydrogen (secondary N) is 1. The van der Waals surface area contributed by atoms with E-state index in [-0.39, 0.29) is 24.2 Å². The molecule has 0 aliphatic carbocycles. The number of carbonyl (C=O) groups excluding carboxylic acids is 2. The van der Waals surface area contributed by atoms with Crippen LogP contribution in [0.25, 0.3) is 0 Å². The third-order valence-corrected chi connectivity index (χ3v) is 7.73. The van der Waals surface area contributed by atoms with Gasteiger partial charge in [0.05, 0.1) is 11.4 Å². The maximum atomic E-state index is 13.7. The van der Waals surface area contributed by atoms with Gasteiger partial charge in [-0.05, 0) is 57.9 Å². The number of ether oxygens (including phenoxy) is 2. The first-order chi connectivity index (χ1) is 17.0. The normalized spacial score (nSPS) is 13.7. The molecule has 0 spiro atoms. The molecule has 0 fully saturated rings. The van der Waals surface area contributed by atoms with Gasteiger partial charge in [0.15, 0.2) is 11.5 Å². The Bertz CT molecular complexity index is 1200. The Morgan fingerprint density at radius 1 is 1.03 bits per heavy atom. The molecule has 0 saturated carbocycles. The van der Waals surface area contributed by atoms with Crippen LogP contribution in [0.1, 0.15) is 38.8 Å². The summed E-state index contributed by atoms with van der Waals surface area (Å²) in [6.07, 6.45) is 0. The van der Waals surface area contributed by atoms with Crippen molar-refractivity contribution in [3.05, 3.63) is 53.6 Å². The van der Waals surface area contributed by atoms with E-state index in [1.165, 1.54) is 11.8 Å². The number of rotatable bonds is 10. The number of nitrogens with zero attached hydrogens (tertiary/aromatic N) is 2. The molecule has 2 aromatic rings. The lowest BCUT2D eigenvalue weighted by Crippen LogP contribution is -2.52. The van der Waals surface area contributed by atoms with Gasteiger partial charge in [0.25, 0.3) is 0 Å². The molecule has 3 rings (SSSR count). The maximum Gasteiger partial charge on any atom is 0.244 e. The van der Waals surface area contributed by atoms with Gasteiger partial charge in [0, 0.05) is 18.7 Å². The second-order valence-corrected chi connectivity index (χ2v) is 11.2. The third kappa shape index (κ3) is 6.48. The van der Waals surface area contributed by atoms with E-state index >= 15 is 0 Å². The predicted molar refractivity (Wildman–Crippen MR) is 139 cm³/mol. The second-order valence-electron chi connectivity index (χ2n) is 9.02. The SMILES string of the molecule is CCS(=O)(=O)N(CC(=O)N(Cc1ccccc1C)C(C)C(=O)NC(C)C)c1ccc2c(c1)OCCO2. The van der Waals surface area contributed by atoms with Gasteiger partial charge in [-0.3, -0.25) is 13.9 Å². The van der Waals surface area contributed by atoms with Crippen molar-refractivity contribution in [2.24, 2.45) is 0 Å². The monoisotopic (exact) mass is 517 g/mol. The summed E-state index contributed by atoms with van der Waals surface area (Å²) in [6.45, 7) is 9.26. The van der Waals surface area contributed by atoms with E-state index in [4.69, 9.17) is 9.47 Å². The highest BCUT2D eigenvalue weighted by Gasteiger charge is 2.32. The Kier molecular flexibility index (Phi) is 8.84. The van der Waals surface area contributed by atoms with E-state index in [0.717, 1.165) is 15.4 Å². The zero-order valence-corrected chi connectivity index (χ0v) is 22.3. The van der Waals surface area contributed by atoms with Crippen LogP contribution in [0.2, 0.25) is 0 Å². The molecule has 36 heavy (non-hydrogen) atoms. The molecule has 2 aromatic carbocycles. The summed E-state index contributed by atoms with van der Waals surface area (Å²) in [5.74, 6) is -0.0578. The topological polar surface area (TPSA) is 105 Å². The Morgan fingerprint density at radius 2 is 1.69 bits per heavy atom. The molecular formula is C26H35N3O6S. The fourth-order valence-corrected chi connectivity index (χ4v) is 4.92. The minimum Gasteiger partial charge on any atom is -0.486 e. The molecular weight excluding hydrogens is 482 g/mol. The van der Waals surface area contributed by atoms with Gasteiger partial charge < -0.3 is 19.7 Å². The highest BCUT2D eigenvalue weighted by molar-refractivity contribution is 7.92. The first-order valence-electron chi connectivity index (χ1n) is 12.1. The summed E-state index contributed by atoms with van der Waals surface area (Å²) >= 11 is 0. The van der Waals surface area contributed by atoms with E-state index in [1.54, 1.807) is 25.1 Å². The molecule has 1 heterocycles. The number of carbonyl (C=O) groups is 2. The van der Waals surface area contributed by atoms with E-state index in [2.05, 4.69) is 5.32 Å². The van der Waals surface area contributed by atoms with Crippen molar-refractivity contribution >= 4 is 27.5 Å². The zero-order valence-electron chi connectivity index (χ0n) is 21.5. The molecule has 0 radical (unpaired) electrons. The second kappa shape index (κ2) is 11.6. The Labute approximate surface area is 213 Å². The van der Waals surface area contributed by atoms with Gasteiger partial charge >= 0.3 is 0 Å². The Morgan fingerprint density at radius 3 is 2.33 bits per heavy atom. The van der Waals surface area contributed by atoms with E-state index in [0.29, 0.717) is 30.4 Å². The maximum absolute atomic E-state index is 13.7. The van der Waals surface area contributed by atoms with Gasteiger partial charge in [-0.15, -0.1) is 0 Å². The summed E-state index contributed by atoms with van der Waals surface area (Å²) in [4.78, 5) is 28.0. The molecule has 1 unspecified atom stereocenters. The molecule has 0 bridgehead atoms. The minimum absolute atomic E-state index is 0.106. The van der Waals surface area contributed by atoms with Crippen LogP contribution in [0.15, 0.2) is 42.5 Å². The van der Waals surface area contributed by atoms with Crippen molar-refractivity contribution in [2.45, 2.75) is 53.2 Å². The first-order valence-corrected chi connectivity index (χ1v) is 13.7. The fourth-order valence-electron chi connectivity index (χ4n) is 3.87. The Balaban J connectivity index is 1.96. The number of hydrogen-bond donors (Lipinski definition) is 1.